The maximum absolute atomic E-state index is 12.1. The van der Waals surface area contributed by atoms with E-state index in [0.29, 0.717) is 5.57 Å². The van der Waals surface area contributed by atoms with Gasteiger partial charge in [-0.25, -0.2) is 4.79 Å². The first-order valence-electron chi connectivity index (χ1n) is 6.71. The Morgan fingerprint density at radius 2 is 1.82 bits per heavy atom. The summed E-state index contributed by atoms with van der Waals surface area (Å²) in [7, 11) is 6.36. The number of rotatable bonds is 6. The number of benzene rings is 1. The average Bonchev–Trinajstić information content (AvgIpc) is 2.51. The van der Waals surface area contributed by atoms with E-state index in [4.69, 9.17) is 9.47 Å². The molecule has 0 bridgehead atoms. The number of methoxy groups -OCH3 is 2. The van der Waals surface area contributed by atoms with E-state index in [2.05, 4.69) is 0 Å². The molecule has 0 saturated heterocycles. The number of hydrogen-bond donors (Lipinski definition) is 0. The number of carbonyl (C=O) groups is 2. The Hall–Kier alpha value is -1.95. The van der Waals surface area contributed by atoms with E-state index in [9.17, 15) is 9.59 Å². The van der Waals surface area contributed by atoms with Crippen LogP contribution in [0.1, 0.15) is 12.5 Å². The molecule has 0 saturated carbocycles. The van der Waals surface area contributed by atoms with Crippen LogP contribution in [-0.4, -0.2) is 50.4 Å². The molecule has 1 aromatic rings. The van der Waals surface area contributed by atoms with Gasteiger partial charge in [-0.15, -0.1) is 11.8 Å². The van der Waals surface area contributed by atoms with Gasteiger partial charge in [0.25, 0.3) is 0 Å². The highest BCUT2D eigenvalue weighted by molar-refractivity contribution is 8.00. The van der Waals surface area contributed by atoms with Crippen LogP contribution >= 0.6 is 11.8 Å². The zero-order valence-corrected chi connectivity index (χ0v) is 14.3. The molecule has 1 aromatic carbocycles. The minimum atomic E-state index is -0.424. The van der Waals surface area contributed by atoms with Gasteiger partial charge in [0.1, 0.15) is 5.25 Å². The molecule has 0 aliphatic heterocycles. The van der Waals surface area contributed by atoms with E-state index in [0.717, 1.165) is 10.5 Å². The summed E-state index contributed by atoms with van der Waals surface area (Å²) in [5.74, 6) is -0.733. The first-order chi connectivity index (χ1) is 10.4. The molecule has 1 atom stereocenters. The zero-order chi connectivity index (χ0) is 16.7. The summed E-state index contributed by atoms with van der Waals surface area (Å²) in [6.07, 6.45) is 1.70. The Labute approximate surface area is 135 Å². The number of ether oxygens (including phenoxy) is 2. The van der Waals surface area contributed by atoms with E-state index in [1.165, 1.54) is 26.0 Å². The fraction of sp³-hybridized carbons (Fsp3) is 0.375. The van der Waals surface area contributed by atoms with Gasteiger partial charge in [-0.2, -0.15) is 0 Å². The maximum Gasteiger partial charge on any atom is 0.339 e. The van der Waals surface area contributed by atoms with Gasteiger partial charge in [0.05, 0.1) is 19.8 Å². The van der Waals surface area contributed by atoms with E-state index in [1.54, 1.807) is 18.0 Å². The first-order valence-corrected chi connectivity index (χ1v) is 7.59. The van der Waals surface area contributed by atoms with Crippen molar-refractivity contribution < 1.29 is 19.1 Å². The lowest BCUT2D eigenvalue weighted by molar-refractivity contribution is -0.139. The SMILES string of the molecule is COC(=O)C(=CN(C)C)c1ccccc1SC(C)C(=O)OC. The molecule has 0 N–H and O–H groups in total. The van der Waals surface area contributed by atoms with Crippen molar-refractivity contribution in [3.63, 3.8) is 0 Å². The normalized spacial score (nSPS) is 12.5. The summed E-state index contributed by atoms with van der Waals surface area (Å²) in [6, 6.07) is 7.40. The van der Waals surface area contributed by atoms with Crippen LogP contribution in [0.3, 0.4) is 0 Å². The summed E-state index contributed by atoms with van der Waals surface area (Å²) >= 11 is 1.34. The first kappa shape index (κ1) is 18.1. The molecule has 22 heavy (non-hydrogen) atoms. The lowest BCUT2D eigenvalue weighted by Gasteiger charge is -2.16. The molecule has 0 aliphatic rings. The van der Waals surface area contributed by atoms with Crippen molar-refractivity contribution in [3.05, 3.63) is 36.0 Å². The van der Waals surface area contributed by atoms with Crippen LogP contribution in [0.4, 0.5) is 0 Å². The van der Waals surface area contributed by atoms with Crippen molar-refractivity contribution in [2.45, 2.75) is 17.1 Å². The third-order valence-corrected chi connectivity index (χ3v) is 3.96. The third-order valence-electron chi connectivity index (χ3n) is 2.81. The molecular weight excluding hydrogens is 302 g/mol. The van der Waals surface area contributed by atoms with Gasteiger partial charge in [0.15, 0.2) is 0 Å². The summed E-state index contributed by atoms with van der Waals surface area (Å²) < 4.78 is 9.60. The molecule has 0 amide bonds. The smallest absolute Gasteiger partial charge is 0.339 e. The van der Waals surface area contributed by atoms with Crippen LogP contribution in [0, 0.1) is 0 Å². The van der Waals surface area contributed by atoms with E-state index in [-0.39, 0.29) is 11.2 Å². The van der Waals surface area contributed by atoms with Crippen molar-refractivity contribution in [3.8, 4) is 0 Å². The fourth-order valence-corrected chi connectivity index (χ4v) is 2.83. The number of thioether (sulfide) groups is 1. The number of nitrogens with zero attached hydrogens (tertiary/aromatic N) is 1. The molecule has 5 nitrogen and oxygen atoms in total. The van der Waals surface area contributed by atoms with E-state index >= 15 is 0 Å². The standard InChI is InChI=1S/C16H21NO4S/c1-11(15(18)20-4)22-14-9-7-6-8-12(14)13(10-17(2)3)16(19)21-5/h6-11H,1-5H3. The van der Waals surface area contributed by atoms with Gasteiger partial charge in [0.2, 0.25) is 0 Å². The molecule has 0 radical (unpaired) electrons. The molecule has 1 rings (SSSR count). The average molecular weight is 323 g/mol. The van der Waals surface area contributed by atoms with Gasteiger partial charge in [-0.1, -0.05) is 18.2 Å². The summed E-state index contributed by atoms with van der Waals surface area (Å²) in [5.41, 5.74) is 1.16. The van der Waals surface area contributed by atoms with Crippen LogP contribution < -0.4 is 0 Å². The quantitative estimate of drug-likeness (QED) is 0.455. The van der Waals surface area contributed by atoms with Crippen molar-refractivity contribution in [1.82, 2.24) is 4.90 Å². The second-order valence-electron chi connectivity index (χ2n) is 4.78. The molecule has 0 fully saturated rings. The topological polar surface area (TPSA) is 55.8 Å². The molecular formula is C16H21NO4S. The Balaban J connectivity index is 3.23. The summed E-state index contributed by atoms with van der Waals surface area (Å²) in [5, 5.41) is -0.371. The van der Waals surface area contributed by atoms with Crippen LogP contribution in [-0.2, 0) is 19.1 Å². The van der Waals surface area contributed by atoms with Gasteiger partial charge >= 0.3 is 11.9 Å². The molecule has 0 aromatic heterocycles. The molecule has 0 aliphatic carbocycles. The monoisotopic (exact) mass is 323 g/mol. The Morgan fingerprint density at radius 1 is 1.18 bits per heavy atom. The molecule has 6 heteroatoms. The van der Waals surface area contributed by atoms with Crippen LogP contribution in [0.15, 0.2) is 35.4 Å². The highest BCUT2D eigenvalue weighted by Gasteiger charge is 2.21. The highest BCUT2D eigenvalue weighted by atomic mass is 32.2. The largest absolute Gasteiger partial charge is 0.468 e. The Bertz CT molecular complexity index is 569. The lowest BCUT2D eigenvalue weighted by Crippen LogP contribution is -2.15. The van der Waals surface area contributed by atoms with Gasteiger partial charge < -0.3 is 14.4 Å². The van der Waals surface area contributed by atoms with Crippen molar-refractivity contribution in [1.29, 1.82) is 0 Å². The Morgan fingerprint density at radius 3 is 2.36 bits per heavy atom. The summed E-state index contributed by atoms with van der Waals surface area (Å²) in [4.78, 5) is 26.3. The number of esters is 2. The van der Waals surface area contributed by atoms with E-state index in [1.807, 2.05) is 38.4 Å². The van der Waals surface area contributed by atoms with Crippen LogP contribution in [0.5, 0.6) is 0 Å². The maximum atomic E-state index is 12.1. The van der Waals surface area contributed by atoms with Gasteiger partial charge in [-0.05, 0) is 13.0 Å². The van der Waals surface area contributed by atoms with E-state index < -0.39 is 5.97 Å². The Kier molecular flexibility index (Phi) is 6.98. The summed E-state index contributed by atoms with van der Waals surface area (Å²) in [6.45, 7) is 1.76. The second-order valence-corrected chi connectivity index (χ2v) is 6.16. The lowest BCUT2D eigenvalue weighted by atomic mass is 10.1. The number of carbonyl (C=O) groups excluding carboxylic acids is 2. The molecule has 1 unspecified atom stereocenters. The van der Waals surface area contributed by atoms with Gasteiger partial charge in [-0.3, -0.25) is 4.79 Å². The minimum Gasteiger partial charge on any atom is -0.468 e. The van der Waals surface area contributed by atoms with Gasteiger partial charge in [0, 0.05) is 30.8 Å². The second kappa shape index (κ2) is 8.48. The highest BCUT2D eigenvalue weighted by Crippen LogP contribution is 2.32. The third kappa shape index (κ3) is 4.80. The molecule has 0 spiro atoms. The predicted octanol–water partition coefficient (Wildman–Crippen LogP) is 2.42. The molecule has 120 valence electrons. The minimum absolute atomic E-state index is 0.309. The predicted molar refractivity (Wildman–Crippen MR) is 87.5 cm³/mol. The molecule has 0 heterocycles. The zero-order valence-electron chi connectivity index (χ0n) is 13.5. The number of hydrogen-bond acceptors (Lipinski definition) is 6. The fourth-order valence-electron chi connectivity index (χ4n) is 1.80. The van der Waals surface area contributed by atoms with Crippen molar-refractivity contribution in [2.24, 2.45) is 0 Å². The van der Waals surface area contributed by atoms with Crippen LogP contribution in [0.2, 0.25) is 0 Å². The van der Waals surface area contributed by atoms with Crippen LogP contribution in [0.25, 0.3) is 5.57 Å². The van der Waals surface area contributed by atoms with Crippen molar-refractivity contribution in [2.75, 3.05) is 28.3 Å². The van der Waals surface area contributed by atoms with Crippen molar-refractivity contribution >= 4 is 29.3 Å².